The Morgan fingerprint density at radius 1 is 1.12 bits per heavy atom. The van der Waals surface area contributed by atoms with Crippen molar-refractivity contribution < 1.29 is 4.79 Å². The van der Waals surface area contributed by atoms with Crippen LogP contribution in [-0.4, -0.2) is 53.8 Å². The molecule has 126 valence electrons. The molecule has 0 aliphatic carbocycles. The fourth-order valence-electron chi connectivity index (χ4n) is 3.12. The third kappa shape index (κ3) is 2.98. The Balaban J connectivity index is 1.61. The van der Waals surface area contributed by atoms with Gasteiger partial charge in [-0.15, -0.1) is 0 Å². The SMILES string of the molecule is Cn1cc(-c2ncnc3c2CCN(C(=O)c2ccnnc2)CC3)cn1. The lowest BCUT2D eigenvalue weighted by Crippen LogP contribution is -2.33. The molecule has 1 aliphatic rings. The molecule has 1 aliphatic heterocycles. The summed E-state index contributed by atoms with van der Waals surface area (Å²) in [5, 5.41) is 11.7. The van der Waals surface area contributed by atoms with E-state index in [-0.39, 0.29) is 5.91 Å². The molecule has 0 bridgehead atoms. The van der Waals surface area contributed by atoms with Crippen molar-refractivity contribution in [2.24, 2.45) is 7.05 Å². The summed E-state index contributed by atoms with van der Waals surface area (Å²) in [6.07, 6.45) is 9.79. The van der Waals surface area contributed by atoms with Gasteiger partial charge in [-0.05, 0) is 12.5 Å². The number of hydrogen-bond donors (Lipinski definition) is 0. The molecule has 0 unspecified atom stereocenters. The quantitative estimate of drug-likeness (QED) is 0.691. The maximum atomic E-state index is 12.7. The summed E-state index contributed by atoms with van der Waals surface area (Å²) >= 11 is 0. The Bertz CT molecular complexity index is 906. The summed E-state index contributed by atoms with van der Waals surface area (Å²) in [6, 6.07) is 1.69. The van der Waals surface area contributed by atoms with Crippen molar-refractivity contribution in [2.45, 2.75) is 12.8 Å². The maximum Gasteiger partial charge on any atom is 0.255 e. The molecular formula is C17H17N7O. The first-order chi connectivity index (χ1) is 12.2. The van der Waals surface area contributed by atoms with Crippen LogP contribution in [0.5, 0.6) is 0 Å². The van der Waals surface area contributed by atoms with E-state index in [9.17, 15) is 4.79 Å². The lowest BCUT2D eigenvalue weighted by Gasteiger charge is -2.19. The number of fused-ring (bicyclic) bond motifs is 1. The van der Waals surface area contributed by atoms with Crippen LogP contribution in [0.3, 0.4) is 0 Å². The molecule has 0 fully saturated rings. The summed E-state index contributed by atoms with van der Waals surface area (Å²) in [4.78, 5) is 23.4. The Morgan fingerprint density at radius 2 is 2.00 bits per heavy atom. The van der Waals surface area contributed by atoms with E-state index in [0.717, 1.165) is 22.5 Å². The highest BCUT2D eigenvalue weighted by Gasteiger charge is 2.23. The third-order valence-electron chi connectivity index (χ3n) is 4.38. The van der Waals surface area contributed by atoms with Crippen LogP contribution in [-0.2, 0) is 19.9 Å². The zero-order valence-electron chi connectivity index (χ0n) is 13.8. The highest BCUT2D eigenvalue weighted by Crippen LogP contribution is 2.25. The topological polar surface area (TPSA) is 89.7 Å². The lowest BCUT2D eigenvalue weighted by atomic mass is 10.0. The molecule has 0 saturated heterocycles. The minimum absolute atomic E-state index is 0.0291. The van der Waals surface area contributed by atoms with Crippen molar-refractivity contribution in [1.82, 2.24) is 34.8 Å². The van der Waals surface area contributed by atoms with Gasteiger partial charge >= 0.3 is 0 Å². The van der Waals surface area contributed by atoms with Crippen LogP contribution in [0.4, 0.5) is 0 Å². The maximum absolute atomic E-state index is 12.7. The van der Waals surface area contributed by atoms with Gasteiger partial charge in [0.2, 0.25) is 0 Å². The average Bonchev–Trinajstić information content (AvgIpc) is 2.96. The zero-order valence-corrected chi connectivity index (χ0v) is 13.8. The van der Waals surface area contributed by atoms with Crippen molar-refractivity contribution in [2.75, 3.05) is 13.1 Å². The summed E-state index contributed by atoms with van der Waals surface area (Å²) in [5.41, 5.74) is 4.52. The van der Waals surface area contributed by atoms with Crippen LogP contribution < -0.4 is 0 Å². The van der Waals surface area contributed by atoms with Crippen LogP contribution in [0.1, 0.15) is 21.6 Å². The van der Waals surface area contributed by atoms with Gasteiger partial charge in [-0.2, -0.15) is 15.3 Å². The van der Waals surface area contributed by atoms with Gasteiger partial charge in [0.1, 0.15) is 6.33 Å². The van der Waals surface area contributed by atoms with Crippen LogP contribution in [0.2, 0.25) is 0 Å². The van der Waals surface area contributed by atoms with E-state index in [4.69, 9.17) is 0 Å². The first kappa shape index (κ1) is 15.4. The summed E-state index contributed by atoms with van der Waals surface area (Å²) < 4.78 is 1.76. The largest absolute Gasteiger partial charge is 0.338 e. The molecule has 0 radical (unpaired) electrons. The number of hydrogen-bond acceptors (Lipinski definition) is 6. The highest BCUT2D eigenvalue weighted by atomic mass is 16.2. The second kappa shape index (κ2) is 6.39. The molecule has 3 aromatic rings. The van der Waals surface area contributed by atoms with Crippen LogP contribution in [0.15, 0.2) is 37.2 Å². The van der Waals surface area contributed by atoms with Gasteiger partial charge in [0.15, 0.2) is 0 Å². The second-order valence-corrected chi connectivity index (χ2v) is 5.97. The van der Waals surface area contributed by atoms with E-state index in [2.05, 4.69) is 25.3 Å². The molecule has 0 saturated carbocycles. The molecule has 0 atom stereocenters. The highest BCUT2D eigenvalue weighted by molar-refractivity contribution is 5.93. The number of aromatic nitrogens is 6. The molecule has 25 heavy (non-hydrogen) atoms. The number of nitrogens with zero attached hydrogens (tertiary/aromatic N) is 7. The molecule has 4 rings (SSSR count). The van der Waals surface area contributed by atoms with Crippen LogP contribution >= 0.6 is 0 Å². The van der Waals surface area contributed by atoms with E-state index in [1.807, 2.05) is 18.1 Å². The van der Waals surface area contributed by atoms with Gasteiger partial charge in [0.05, 0.1) is 29.8 Å². The molecular weight excluding hydrogens is 318 g/mol. The first-order valence-corrected chi connectivity index (χ1v) is 8.10. The summed E-state index contributed by atoms with van der Waals surface area (Å²) in [6.45, 7) is 1.24. The fourth-order valence-corrected chi connectivity index (χ4v) is 3.12. The Labute approximate surface area is 144 Å². The van der Waals surface area contributed by atoms with Crippen molar-refractivity contribution in [1.29, 1.82) is 0 Å². The minimum atomic E-state index is -0.0291. The van der Waals surface area contributed by atoms with E-state index in [1.54, 1.807) is 23.3 Å². The van der Waals surface area contributed by atoms with Crippen molar-refractivity contribution in [3.8, 4) is 11.3 Å². The van der Waals surface area contributed by atoms with Gasteiger partial charge in [-0.25, -0.2) is 9.97 Å². The lowest BCUT2D eigenvalue weighted by molar-refractivity contribution is 0.0762. The number of amides is 1. The van der Waals surface area contributed by atoms with E-state index in [1.165, 1.54) is 12.4 Å². The number of rotatable bonds is 2. The molecule has 4 heterocycles. The first-order valence-electron chi connectivity index (χ1n) is 8.10. The van der Waals surface area contributed by atoms with Gasteiger partial charge in [0, 0.05) is 49.6 Å². The molecule has 0 aromatic carbocycles. The number of aryl methyl sites for hydroxylation is 1. The van der Waals surface area contributed by atoms with Crippen molar-refractivity contribution >= 4 is 5.91 Å². The van der Waals surface area contributed by atoms with Crippen LogP contribution in [0.25, 0.3) is 11.3 Å². The monoisotopic (exact) mass is 335 g/mol. The summed E-state index contributed by atoms with van der Waals surface area (Å²) in [5.74, 6) is -0.0291. The van der Waals surface area contributed by atoms with E-state index < -0.39 is 0 Å². The predicted octanol–water partition coefficient (Wildman–Crippen LogP) is 0.908. The Morgan fingerprint density at radius 3 is 2.76 bits per heavy atom. The standard InChI is InChI=1S/C17H17N7O/c1-23-10-13(9-22-23)16-14-3-6-24(7-4-15(14)18-11-19-16)17(25)12-2-5-20-21-8-12/h2,5,8-11H,3-4,6-7H2,1H3. The van der Waals surface area contributed by atoms with Crippen LogP contribution in [0, 0.1) is 0 Å². The summed E-state index contributed by atoms with van der Waals surface area (Å²) in [7, 11) is 1.88. The molecule has 1 amide bonds. The molecule has 0 spiro atoms. The molecule has 0 N–H and O–H groups in total. The van der Waals surface area contributed by atoms with Crippen molar-refractivity contribution in [3.63, 3.8) is 0 Å². The second-order valence-electron chi connectivity index (χ2n) is 5.97. The number of carbonyl (C=O) groups is 1. The molecule has 3 aromatic heterocycles. The third-order valence-corrected chi connectivity index (χ3v) is 4.38. The average molecular weight is 335 g/mol. The van der Waals surface area contributed by atoms with Gasteiger partial charge in [0.25, 0.3) is 5.91 Å². The van der Waals surface area contributed by atoms with Gasteiger partial charge in [-0.3, -0.25) is 9.48 Å². The normalized spacial score (nSPS) is 14.0. The molecule has 8 nitrogen and oxygen atoms in total. The van der Waals surface area contributed by atoms with Crippen molar-refractivity contribution in [3.05, 3.63) is 54.0 Å². The minimum Gasteiger partial charge on any atom is -0.338 e. The number of carbonyl (C=O) groups excluding carboxylic acids is 1. The smallest absolute Gasteiger partial charge is 0.255 e. The Kier molecular flexibility index (Phi) is 3.93. The van der Waals surface area contributed by atoms with Gasteiger partial charge in [-0.1, -0.05) is 0 Å². The Hall–Kier alpha value is -3.16. The zero-order chi connectivity index (χ0) is 17.2. The van der Waals surface area contributed by atoms with E-state index >= 15 is 0 Å². The molecule has 8 heteroatoms. The predicted molar refractivity (Wildman–Crippen MR) is 89.6 cm³/mol. The van der Waals surface area contributed by atoms with Gasteiger partial charge < -0.3 is 4.90 Å². The fraction of sp³-hybridized carbons (Fsp3) is 0.294. The van der Waals surface area contributed by atoms with E-state index in [0.29, 0.717) is 31.5 Å².